The third-order valence-electron chi connectivity index (χ3n) is 3.48. The van der Waals surface area contributed by atoms with Crippen LogP contribution in [0.25, 0.3) is 0 Å². The summed E-state index contributed by atoms with van der Waals surface area (Å²) in [4.78, 5) is 27.7. The van der Waals surface area contributed by atoms with Crippen LogP contribution in [0.1, 0.15) is 19.4 Å². The van der Waals surface area contributed by atoms with Crippen molar-refractivity contribution in [2.75, 3.05) is 5.32 Å². The summed E-state index contributed by atoms with van der Waals surface area (Å²) in [5.74, 6) is -2.02. The van der Waals surface area contributed by atoms with Crippen LogP contribution in [-0.2, 0) is 25.7 Å². The number of hydrogen-bond acceptors (Lipinski definition) is 7. The molecular weight excluding hydrogens is 336 g/mol. The van der Waals surface area contributed by atoms with Crippen LogP contribution in [0.4, 0.5) is 5.69 Å². The molecule has 1 aromatic heterocycles. The first-order valence-corrected chi connectivity index (χ1v) is 7.98. The number of nitrogens with zero attached hydrogens (tertiary/aromatic N) is 1. The molecule has 0 radical (unpaired) electrons. The molecule has 1 N–H and O–H groups in total. The van der Waals surface area contributed by atoms with Crippen molar-refractivity contribution in [2.45, 2.75) is 26.2 Å². The number of hydrogen-bond donors (Lipinski definition) is 1. The van der Waals surface area contributed by atoms with E-state index in [4.69, 9.17) is 14.2 Å². The number of carbonyl (C=O) groups is 2. The van der Waals surface area contributed by atoms with E-state index >= 15 is 0 Å². The number of ether oxygens (including phenoxy) is 3. The average Bonchev–Trinajstić information content (AvgIpc) is 2.60. The van der Waals surface area contributed by atoms with Crippen LogP contribution < -0.4 is 10.1 Å². The van der Waals surface area contributed by atoms with Crippen LogP contribution in [0.15, 0.2) is 60.6 Å². The van der Waals surface area contributed by atoms with Gasteiger partial charge in [-0.15, -0.1) is 0 Å². The number of esters is 2. The Labute approximate surface area is 150 Å². The maximum absolute atomic E-state index is 11.9. The van der Waals surface area contributed by atoms with Gasteiger partial charge in [0, 0.05) is 43.7 Å². The number of pyridine rings is 1. The predicted octanol–water partition coefficient (Wildman–Crippen LogP) is 2.79. The fourth-order valence-electron chi connectivity index (χ4n) is 2.23. The topological polar surface area (TPSA) is 86.8 Å². The largest absolute Gasteiger partial charge is 0.489 e. The van der Waals surface area contributed by atoms with Crippen LogP contribution in [0, 0.1) is 0 Å². The van der Waals surface area contributed by atoms with E-state index in [0.29, 0.717) is 18.0 Å². The van der Waals surface area contributed by atoms with Crippen molar-refractivity contribution in [3.8, 4) is 5.75 Å². The van der Waals surface area contributed by atoms with E-state index in [1.807, 2.05) is 12.1 Å². The van der Waals surface area contributed by atoms with E-state index in [2.05, 4.69) is 10.3 Å². The van der Waals surface area contributed by atoms with Crippen LogP contribution in [0.3, 0.4) is 0 Å². The molecular formula is C19H18N2O5. The van der Waals surface area contributed by atoms with Crippen molar-refractivity contribution >= 4 is 17.6 Å². The Bertz CT molecular complexity index is 807. The van der Waals surface area contributed by atoms with Crippen molar-refractivity contribution in [3.63, 3.8) is 0 Å². The molecule has 2 aromatic rings. The quantitative estimate of drug-likeness (QED) is 0.502. The van der Waals surface area contributed by atoms with Gasteiger partial charge in [-0.1, -0.05) is 6.07 Å². The van der Waals surface area contributed by atoms with Gasteiger partial charge in [-0.05, 0) is 30.3 Å². The summed E-state index contributed by atoms with van der Waals surface area (Å²) in [6.07, 6.45) is 4.72. The summed E-state index contributed by atoms with van der Waals surface area (Å²) in [5, 5.41) is 2.87. The highest BCUT2D eigenvalue weighted by molar-refractivity contribution is 6.15. The molecule has 26 heavy (non-hydrogen) atoms. The van der Waals surface area contributed by atoms with Gasteiger partial charge in [0.2, 0.25) is 0 Å². The summed E-state index contributed by atoms with van der Waals surface area (Å²) in [7, 11) is 0. The summed E-state index contributed by atoms with van der Waals surface area (Å²) >= 11 is 0. The lowest BCUT2D eigenvalue weighted by Crippen LogP contribution is -2.42. The van der Waals surface area contributed by atoms with Gasteiger partial charge in [0.25, 0.3) is 5.79 Å². The van der Waals surface area contributed by atoms with Crippen molar-refractivity contribution < 1.29 is 23.8 Å². The van der Waals surface area contributed by atoms with Gasteiger partial charge in [-0.3, -0.25) is 4.98 Å². The van der Waals surface area contributed by atoms with Crippen molar-refractivity contribution in [1.82, 2.24) is 4.98 Å². The molecule has 1 aliphatic rings. The molecule has 0 amide bonds. The Hall–Kier alpha value is -3.35. The molecule has 1 aromatic carbocycles. The number of cyclic esters (lactones) is 2. The van der Waals surface area contributed by atoms with E-state index in [1.54, 1.807) is 36.7 Å². The van der Waals surface area contributed by atoms with Gasteiger partial charge in [0.15, 0.2) is 5.57 Å². The second-order valence-electron chi connectivity index (χ2n) is 6.06. The number of nitrogens with one attached hydrogen (secondary N) is 1. The van der Waals surface area contributed by atoms with Crippen molar-refractivity contribution in [2.24, 2.45) is 0 Å². The minimum atomic E-state index is -1.25. The lowest BCUT2D eigenvalue weighted by molar-refractivity contribution is -0.222. The predicted molar refractivity (Wildman–Crippen MR) is 93.0 cm³/mol. The summed E-state index contributed by atoms with van der Waals surface area (Å²) in [6, 6.07) is 10.9. The standard InChI is InChI=1S/C19H18N2O5/c1-19(2)25-17(22)16(18(23)26-19)11-21-14-5-7-15(8-6-14)24-12-13-4-3-9-20-10-13/h3-11,21H,12H2,1-2H3. The highest BCUT2D eigenvalue weighted by Gasteiger charge is 2.38. The molecule has 1 fully saturated rings. The lowest BCUT2D eigenvalue weighted by Gasteiger charge is -2.29. The highest BCUT2D eigenvalue weighted by Crippen LogP contribution is 2.23. The van der Waals surface area contributed by atoms with Gasteiger partial charge in [-0.2, -0.15) is 0 Å². The molecule has 0 bridgehead atoms. The molecule has 0 saturated carbocycles. The first-order chi connectivity index (χ1) is 12.4. The molecule has 2 heterocycles. The Kier molecular flexibility index (Phi) is 4.88. The SMILES string of the molecule is CC1(C)OC(=O)C(=CNc2ccc(OCc3cccnc3)cc2)C(=O)O1. The number of anilines is 1. The third kappa shape index (κ3) is 4.38. The maximum Gasteiger partial charge on any atom is 0.350 e. The summed E-state index contributed by atoms with van der Waals surface area (Å²) in [5.41, 5.74) is 1.45. The Morgan fingerprint density at radius 2 is 1.81 bits per heavy atom. The molecule has 0 aliphatic carbocycles. The summed E-state index contributed by atoms with van der Waals surface area (Å²) in [6.45, 7) is 3.41. The van der Waals surface area contributed by atoms with Crippen LogP contribution in [-0.4, -0.2) is 22.7 Å². The lowest BCUT2D eigenvalue weighted by atomic mass is 10.2. The Morgan fingerprint density at radius 3 is 2.42 bits per heavy atom. The van der Waals surface area contributed by atoms with E-state index in [1.165, 1.54) is 20.0 Å². The summed E-state index contributed by atoms with van der Waals surface area (Å²) < 4.78 is 15.7. The third-order valence-corrected chi connectivity index (χ3v) is 3.48. The van der Waals surface area contributed by atoms with E-state index in [-0.39, 0.29) is 5.57 Å². The van der Waals surface area contributed by atoms with Gasteiger partial charge in [0.05, 0.1) is 0 Å². The maximum atomic E-state index is 11.9. The number of carbonyl (C=O) groups excluding carboxylic acids is 2. The minimum Gasteiger partial charge on any atom is -0.489 e. The zero-order valence-electron chi connectivity index (χ0n) is 14.4. The monoisotopic (exact) mass is 354 g/mol. The smallest absolute Gasteiger partial charge is 0.350 e. The normalized spacial score (nSPS) is 15.7. The first kappa shape index (κ1) is 17.5. The van der Waals surface area contributed by atoms with Gasteiger partial charge in [0.1, 0.15) is 12.4 Å². The molecule has 1 aliphatic heterocycles. The van der Waals surface area contributed by atoms with Gasteiger partial charge in [-0.25, -0.2) is 9.59 Å². The Morgan fingerprint density at radius 1 is 1.12 bits per heavy atom. The number of benzene rings is 1. The van der Waals surface area contributed by atoms with Crippen molar-refractivity contribution in [3.05, 3.63) is 66.1 Å². The van der Waals surface area contributed by atoms with Crippen LogP contribution in [0.2, 0.25) is 0 Å². The molecule has 134 valence electrons. The molecule has 1 saturated heterocycles. The average molecular weight is 354 g/mol. The molecule has 7 heteroatoms. The number of rotatable bonds is 5. The minimum absolute atomic E-state index is 0.193. The van der Waals surface area contributed by atoms with E-state index in [9.17, 15) is 9.59 Å². The molecule has 0 unspecified atom stereocenters. The highest BCUT2D eigenvalue weighted by atomic mass is 16.7. The molecule has 0 spiro atoms. The second kappa shape index (κ2) is 7.26. The van der Waals surface area contributed by atoms with Crippen molar-refractivity contribution in [1.29, 1.82) is 0 Å². The number of aromatic nitrogens is 1. The van der Waals surface area contributed by atoms with Crippen LogP contribution >= 0.6 is 0 Å². The van der Waals surface area contributed by atoms with Gasteiger partial charge < -0.3 is 19.5 Å². The van der Waals surface area contributed by atoms with E-state index in [0.717, 1.165) is 5.56 Å². The Balaban J connectivity index is 1.59. The second-order valence-corrected chi connectivity index (χ2v) is 6.06. The first-order valence-electron chi connectivity index (χ1n) is 7.98. The molecule has 0 atom stereocenters. The van der Waals surface area contributed by atoms with Gasteiger partial charge >= 0.3 is 11.9 Å². The zero-order chi connectivity index (χ0) is 18.6. The fourth-order valence-corrected chi connectivity index (χ4v) is 2.23. The fraction of sp³-hybridized carbons (Fsp3) is 0.211. The molecule has 3 rings (SSSR count). The van der Waals surface area contributed by atoms with E-state index < -0.39 is 17.7 Å². The van der Waals surface area contributed by atoms with Crippen LogP contribution in [0.5, 0.6) is 5.75 Å². The zero-order valence-corrected chi connectivity index (χ0v) is 14.4. The molecule has 7 nitrogen and oxygen atoms in total.